The van der Waals surface area contributed by atoms with Crippen molar-refractivity contribution in [2.75, 3.05) is 7.05 Å². The second-order valence-corrected chi connectivity index (χ2v) is 4.91. The Labute approximate surface area is 125 Å². The minimum absolute atomic E-state index is 0.0227. The lowest BCUT2D eigenvalue weighted by atomic mass is 10.2. The van der Waals surface area contributed by atoms with Crippen molar-refractivity contribution in [3.8, 4) is 0 Å². The molecule has 2 rings (SSSR count). The molecular weight excluding hydrogens is 304 g/mol. The lowest BCUT2D eigenvalue weighted by molar-refractivity contribution is 0.0784. The molecule has 0 radical (unpaired) electrons. The smallest absolute Gasteiger partial charge is 0.257 e. The summed E-state index contributed by atoms with van der Waals surface area (Å²) < 4.78 is 13.1. The first-order valence-electron chi connectivity index (χ1n) is 5.66. The van der Waals surface area contributed by atoms with Crippen LogP contribution in [-0.4, -0.2) is 28.1 Å². The predicted molar refractivity (Wildman–Crippen MR) is 74.2 cm³/mol. The topological polar surface area (TPSA) is 46.1 Å². The summed E-state index contributed by atoms with van der Waals surface area (Å²) in [5.74, 6) is -0.717. The Morgan fingerprint density at radius 1 is 1.30 bits per heavy atom. The molecule has 7 heteroatoms. The summed E-state index contributed by atoms with van der Waals surface area (Å²) in [5.41, 5.74) is 0.829. The zero-order chi connectivity index (χ0) is 14.7. The quantitative estimate of drug-likeness (QED) is 0.874. The Bertz CT molecular complexity index is 651. The number of amides is 1. The Morgan fingerprint density at radius 3 is 2.75 bits per heavy atom. The average Bonchev–Trinajstić information content (AvgIpc) is 2.40. The van der Waals surface area contributed by atoms with Crippen LogP contribution in [0.1, 0.15) is 15.9 Å². The predicted octanol–water partition coefficient (Wildman–Crippen LogP) is 3.19. The van der Waals surface area contributed by atoms with Crippen LogP contribution in [0.4, 0.5) is 4.39 Å². The van der Waals surface area contributed by atoms with Gasteiger partial charge in [-0.25, -0.2) is 4.39 Å². The molecule has 1 heterocycles. The van der Waals surface area contributed by atoms with Gasteiger partial charge in [0, 0.05) is 13.6 Å². The third-order valence-electron chi connectivity index (χ3n) is 2.60. The molecule has 0 fully saturated rings. The molecule has 0 bridgehead atoms. The summed E-state index contributed by atoms with van der Waals surface area (Å²) in [6.45, 7) is 0.243. The van der Waals surface area contributed by atoms with Gasteiger partial charge in [-0.05, 0) is 23.8 Å². The van der Waals surface area contributed by atoms with Crippen LogP contribution in [-0.2, 0) is 6.54 Å². The molecule has 0 aliphatic carbocycles. The van der Waals surface area contributed by atoms with E-state index in [4.69, 9.17) is 23.2 Å². The van der Waals surface area contributed by atoms with Crippen LogP contribution in [0.3, 0.4) is 0 Å². The fraction of sp³-hybridized carbons (Fsp3) is 0.154. The van der Waals surface area contributed by atoms with Gasteiger partial charge in [-0.2, -0.15) is 0 Å². The van der Waals surface area contributed by atoms with Crippen molar-refractivity contribution in [1.29, 1.82) is 0 Å². The highest BCUT2D eigenvalue weighted by atomic mass is 35.5. The van der Waals surface area contributed by atoms with Crippen LogP contribution >= 0.6 is 23.2 Å². The number of benzene rings is 1. The van der Waals surface area contributed by atoms with E-state index in [-0.39, 0.29) is 34.1 Å². The Balaban J connectivity index is 2.18. The molecule has 0 N–H and O–H groups in total. The van der Waals surface area contributed by atoms with Crippen LogP contribution in [0.2, 0.25) is 10.3 Å². The first-order chi connectivity index (χ1) is 9.47. The number of carbonyl (C=O) groups is 1. The van der Waals surface area contributed by atoms with Gasteiger partial charge in [-0.3, -0.25) is 4.79 Å². The summed E-state index contributed by atoms with van der Waals surface area (Å²) in [7, 11) is 1.58. The lowest BCUT2D eigenvalue weighted by Crippen LogP contribution is -2.26. The van der Waals surface area contributed by atoms with E-state index in [1.165, 1.54) is 23.1 Å². The highest BCUT2D eigenvalue weighted by Crippen LogP contribution is 2.18. The summed E-state index contributed by atoms with van der Waals surface area (Å²) in [4.78, 5) is 13.6. The molecule has 1 amide bonds. The van der Waals surface area contributed by atoms with Crippen LogP contribution < -0.4 is 0 Å². The maximum atomic E-state index is 13.1. The van der Waals surface area contributed by atoms with Gasteiger partial charge in [0.1, 0.15) is 5.82 Å². The molecule has 0 spiro atoms. The van der Waals surface area contributed by atoms with E-state index in [0.717, 1.165) is 0 Å². The summed E-state index contributed by atoms with van der Waals surface area (Å²) in [6, 6.07) is 7.37. The van der Waals surface area contributed by atoms with E-state index in [0.29, 0.717) is 5.56 Å². The summed E-state index contributed by atoms with van der Waals surface area (Å²) in [5, 5.41) is 7.18. The molecular formula is C13H10Cl2FN3O. The summed E-state index contributed by atoms with van der Waals surface area (Å²) in [6.07, 6.45) is 0. The van der Waals surface area contributed by atoms with Crippen molar-refractivity contribution in [1.82, 2.24) is 15.1 Å². The summed E-state index contributed by atoms with van der Waals surface area (Å²) >= 11 is 11.5. The van der Waals surface area contributed by atoms with Gasteiger partial charge in [0.2, 0.25) is 0 Å². The number of rotatable bonds is 3. The van der Waals surface area contributed by atoms with Gasteiger partial charge in [-0.1, -0.05) is 35.3 Å². The van der Waals surface area contributed by atoms with Crippen molar-refractivity contribution in [2.45, 2.75) is 6.54 Å². The molecule has 0 saturated carbocycles. The van der Waals surface area contributed by atoms with E-state index in [2.05, 4.69) is 10.2 Å². The molecule has 4 nitrogen and oxygen atoms in total. The number of hydrogen-bond acceptors (Lipinski definition) is 3. The maximum absolute atomic E-state index is 13.1. The van der Waals surface area contributed by atoms with Crippen LogP contribution in [0.25, 0.3) is 0 Å². The first kappa shape index (κ1) is 14.7. The van der Waals surface area contributed by atoms with Gasteiger partial charge in [-0.15, -0.1) is 10.2 Å². The monoisotopic (exact) mass is 313 g/mol. The first-order valence-corrected chi connectivity index (χ1v) is 6.41. The van der Waals surface area contributed by atoms with Crippen molar-refractivity contribution < 1.29 is 9.18 Å². The van der Waals surface area contributed by atoms with Crippen LogP contribution in [0.5, 0.6) is 0 Å². The third kappa shape index (κ3) is 3.43. The van der Waals surface area contributed by atoms with E-state index in [1.807, 2.05) is 0 Å². The van der Waals surface area contributed by atoms with Crippen molar-refractivity contribution >= 4 is 29.1 Å². The minimum atomic E-state index is -0.365. The van der Waals surface area contributed by atoms with Crippen molar-refractivity contribution in [2.24, 2.45) is 0 Å². The van der Waals surface area contributed by atoms with Crippen LogP contribution in [0, 0.1) is 5.82 Å². The minimum Gasteiger partial charge on any atom is -0.337 e. The number of nitrogens with zero attached hydrogens (tertiary/aromatic N) is 3. The Kier molecular flexibility index (Phi) is 4.52. The molecule has 0 saturated heterocycles. The molecule has 1 aromatic carbocycles. The molecule has 104 valence electrons. The Hall–Kier alpha value is -1.72. The van der Waals surface area contributed by atoms with E-state index in [9.17, 15) is 9.18 Å². The molecule has 0 aliphatic heterocycles. The molecule has 0 aliphatic rings. The third-order valence-corrected chi connectivity index (χ3v) is 3.07. The fourth-order valence-corrected chi connectivity index (χ4v) is 2.01. The molecule has 1 aromatic heterocycles. The van der Waals surface area contributed by atoms with Gasteiger partial charge < -0.3 is 4.90 Å². The molecule has 20 heavy (non-hydrogen) atoms. The SMILES string of the molecule is CN(Cc1cccc(F)c1)C(=O)c1cc(Cl)nnc1Cl. The number of aromatic nitrogens is 2. The normalized spacial score (nSPS) is 10.4. The van der Waals surface area contributed by atoms with E-state index >= 15 is 0 Å². The molecule has 0 atom stereocenters. The zero-order valence-corrected chi connectivity index (χ0v) is 12.0. The largest absolute Gasteiger partial charge is 0.337 e. The Morgan fingerprint density at radius 2 is 2.05 bits per heavy atom. The van der Waals surface area contributed by atoms with Gasteiger partial charge in [0.25, 0.3) is 5.91 Å². The van der Waals surface area contributed by atoms with Gasteiger partial charge in [0.15, 0.2) is 10.3 Å². The maximum Gasteiger partial charge on any atom is 0.257 e. The fourth-order valence-electron chi connectivity index (χ4n) is 1.69. The molecule has 2 aromatic rings. The number of halogens is 3. The van der Waals surface area contributed by atoms with Crippen molar-refractivity contribution in [3.63, 3.8) is 0 Å². The highest BCUT2D eigenvalue weighted by Gasteiger charge is 2.17. The van der Waals surface area contributed by atoms with E-state index < -0.39 is 0 Å². The molecule has 0 unspecified atom stereocenters. The lowest BCUT2D eigenvalue weighted by Gasteiger charge is -2.17. The standard InChI is InChI=1S/C13H10Cl2FN3O/c1-19(7-8-3-2-4-9(16)5-8)13(20)10-6-11(14)17-18-12(10)15/h2-6H,7H2,1H3. The van der Waals surface area contributed by atoms with E-state index in [1.54, 1.807) is 19.2 Å². The second kappa shape index (κ2) is 6.15. The number of carbonyl (C=O) groups excluding carboxylic acids is 1. The van der Waals surface area contributed by atoms with Crippen LogP contribution in [0.15, 0.2) is 30.3 Å². The zero-order valence-electron chi connectivity index (χ0n) is 10.5. The second-order valence-electron chi connectivity index (χ2n) is 4.16. The van der Waals surface area contributed by atoms with Gasteiger partial charge >= 0.3 is 0 Å². The van der Waals surface area contributed by atoms with Crippen molar-refractivity contribution in [3.05, 3.63) is 57.6 Å². The van der Waals surface area contributed by atoms with Gasteiger partial charge in [0.05, 0.1) is 5.56 Å². The number of hydrogen-bond donors (Lipinski definition) is 0. The highest BCUT2D eigenvalue weighted by molar-refractivity contribution is 6.34. The average molecular weight is 314 g/mol.